The Bertz CT molecular complexity index is 511. The molecule has 1 aliphatic carbocycles. The standard InChI is InChI=1S/C14H19F3N2OS/c1-13(2)5-3-4-9(6-13)12(20)18-7-11-19-10(8-21-11)14(15,16)17/h8-9H,3-7H2,1-2H3,(H,18,20)/t9-/m0/s1. The van der Waals surface area contributed by atoms with Gasteiger partial charge in [-0.15, -0.1) is 11.3 Å². The second-order valence-electron chi connectivity index (χ2n) is 6.30. The van der Waals surface area contributed by atoms with Gasteiger partial charge < -0.3 is 5.32 Å². The third kappa shape index (κ3) is 4.43. The van der Waals surface area contributed by atoms with E-state index in [1.165, 1.54) is 0 Å². The van der Waals surface area contributed by atoms with Gasteiger partial charge in [-0.1, -0.05) is 20.3 Å². The zero-order valence-electron chi connectivity index (χ0n) is 12.1. The molecule has 1 saturated carbocycles. The van der Waals surface area contributed by atoms with E-state index in [1.807, 2.05) is 0 Å². The minimum absolute atomic E-state index is 0.0456. The van der Waals surface area contributed by atoms with Crippen molar-refractivity contribution in [2.24, 2.45) is 11.3 Å². The maximum Gasteiger partial charge on any atom is 0.434 e. The van der Waals surface area contributed by atoms with E-state index in [1.54, 1.807) is 0 Å². The minimum Gasteiger partial charge on any atom is -0.349 e. The van der Waals surface area contributed by atoms with Crippen LogP contribution < -0.4 is 5.32 Å². The third-order valence-corrected chi connectivity index (χ3v) is 4.68. The first-order chi connectivity index (χ1) is 9.67. The summed E-state index contributed by atoms with van der Waals surface area (Å²) in [6, 6.07) is 0. The molecular formula is C14H19F3N2OS. The van der Waals surface area contributed by atoms with Crippen molar-refractivity contribution in [1.82, 2.24) is 10.3 Å². The fraction of sp³-hybridized carbons (Fsp3) is 0.714. The molecule has 0 unspecified atom stereocenters. The van der Waals surface area contributed by atoms with Crippen LogP contribution in [0.25, 0.3) is 0 Å². The molecule has 0 spiro atoms. The Morgan fingerprint density at radius 1 is 1.52 bits per heavy atom. The summed E-state index contributed by atoms with van der Waals surface area (Å²) < 4.78 is 37.3. The van der Waals surface area contributed by atoms with Crippen LogP contribution in [0.2, 0.25) is 0 Å². The monoisotopic (exact) mass is 320 g/mol. The van der Waals surface area contributed by atoms with Gasteiger partial charge in [-0.3, -0.25) is 4.79 Å². The Kier molecular flexibility index (Phi) is 4.60. The number of hydrogen-bond acceptors (Lipinski definition) is 3. The fourth-order valence-electron chi connectivity index (χ4n) is 2.75. The number of hydrogen-bond donors (Lipinski definition) is 1. The van der Waals surface area contributed by atoms with Gasteiger partial charge in [-0.25, -0.2) is 4.98 Å². The fourth-order valence-corrected chi connectivity index (χ4v) is 3.49. The third-order valence-electron chi connectivity index (χ3n) is 3.83. The van der Waals surface area contributed by atoms with Gasteiger partial charge in [0.15, 0.2) is 5.69 Å². The summed E-state index contributed by atoms with van der Waals surface area (Å²) in [6.07, 6.45) is -0.629. The van der Waals surface area contributed by atoms with Crippen LogP contribution in [-0.2, 0) is 17.5 Å². The SMILES string of the molecule is CC1(C)CCC[C@H](C(=O)NCc2nc(C(F)(F)F)cs2)C1. The first-order valence-electron chi connectivity index (χ1n) is 6.97. The molecule has 0 aromatic carbocycles. The van der Waals surface area contributed by atoms with E-state index >= 15 is 0 Å². The molecule has 0 bridgehead atoms. The molecule has 1 atom stereocenters. The Hall–Kier alpha value is -1.11. The van der Waals surface area contributed by atoms with Crippen molar-refractivity contribution >= 4 is 17.2 Å². The summed E-state index contributed by atoms with van der Waals surface area (Å²) in [5, 5.41) is 3.97. The molecule has 0 radical (unpaired) electrons. The largest absolute Gasteiger partial charge is 0.434 e. The van der Waals surface area contributed by atoms with Crippen LogP contribution in [-0.4, -0.2) is 10.9 Å². The minimum atomic E-state index is -4.42. The highest BCUT2D eigenvalue weighted by molar-refractivity contribution is 7.09. The predicted octanol–water partition coefficient (Wildman–Crippen LogP) is 3.99. The molecular weight excluding hydrogens is 301 g/mol. The molecule has 118 valence electrons. The lowest BCUT2D eigenvalue weighted by Gasteiger charge is -2.34. The maximum absolute atomic E-state index is 12.4. The van der Waals surface area contributed by atoms with Crippen LogP contribution in [0.5, 0.6) is 0 Å². The number of halogens is 3. The number of carbonyl (C=O) groups excluding carboxylic acids is 1. The molecule has 1 aromatic rings. The Balaban J connectivity index is 1.88. The van der Waals surface area contributed by atoms with Crippen LogP contribution >= 0.6 is 11.3 Å². The zero-order chi connectivity index (χ0) is 15.7. The normalized spacial score (nSPS) is 22.0. The second-order valence-corrected chi connectivity index (χ2v) is 7.24. The molecule has 1 aliphatic rings. The molecule has 7 heteroatoms. The maximum atomic E-state index is 12.4. The lowest BCUT2D eigenvalue weighted by atomic mass is 9.72. The summed E-state index contributed by atoms with van der Waals surface area (Å²) >= 11 is 0.919. The van der Waals surface area contributed by atoms with Crippen molar-refractivity contribution in [2.45, 2.75) is 52.3 Å². The van der Waals surface area contributed by atoms with Crippen molar-refractivity contribution in [1.29, 1.82) is 0 Å². The number of alkyl halides is 3. The zero-order valence-corrected chi connectivity index (χ0v) is 12.9. The van der Waals surface area contributed by atoms with E-state index < -0.39 is 11.9 Å². The lowest BCUT2D eigenvalue weighted by Crippen LogP contribution is -2.35. The van der Waals surface area contributed by atoms with E-state index in [0.717, 1.165) is 42.4 Å². The Morgan fingerprint density at radius 3 is 2.81 bits per heavy atom. The van der Waals surface area contributed by atoms with Crippen molar-refractivity contribution in [3.63, 3.8) is 0 Å². The van der Waals surface area contributed by atoms with Crippen molar-refractivity contribution in [3.05, 3.63) is 16.1 Å². The van der Waals surface area contributed by atoms with E-state index in [9.17, 15) is 18.0 Å². The van der Waals surface area contributed by atoms with E-state index in [-0.39, 0.29) is 28.8 Å². The molecule has 1 N–H and O–H groups in total. The molecule has 3 nitrogen and oxygen atoms in total. The smallest absolute Gasteiger partial charge is 0.349 e. The Labute approximate surface area is 126 Å². The number of aromatic nitrogens is 1. The van der Waals surface area contributed by atoms with Crippen LogP contribution in [0, 0.1) is 11.3 Å². The average molecular weight is 320 g/mol. The number of thiazole rings is 1. The van der Waals surface area contributed by atoms with Gasteiger partial charge in [0.2, 0.25) is 5.91 Å². The molecule has 2 rings (SSSR count). The van der Waals surface area contributed by atoms with Gasteiger partial charge in [0.05, 0.1) is 6.54 Å². The first-order valence-corrected chi connectivity index (χ1v) is 7.85. The number of nitrogens with zero attached hydrogens (tertiary/aromatic N) is 1. The lowest BCUT2D eigenvalue weighted by molar-refractivity contribution is -0.140. The number of amides is 1. The first kappa shape index (κ1) is 16.3. The molecule has 1 amide bonds. The number of carbonyl (C=O) groups is 1. The average Bonchev–Trinajstić information content (AvgIpc) is 2.83. The van der Waals surface area contributed by atoms with Gasteiger partial charge in [-0.05, 0) is 24.7 Å². The second kappa shape index (κ2) is 5.94. The molecule has 0 saturated heterocycles. The highest BCUT2D eigenvalue weighted by atomic mass is 32.1. The van der Waals surface area contributed by atoms with E-state index in [2.05, 4.69) is 24.1 Å². The molecule has 0 aliphatic heterocycles. The van der Waals surface area contributed by atoms with Gasteiger partial charge in [0, 0.05) is 11.3 Å². The van der Waals surface area contributed by atoms with Gasteiger partial charge >= 0.3 is 6.18 Å². The van der Waals surface area contributed by atoms with Crippen molar-refractivity contribution in [2.75, 3.05) is 0 Å². The summed E-state index contributed by atoms with van der Waals surface area (Å²) in [5.41, 5.74) is -0.735. The van der Waals surface area contributed by atoms with Crippen LogP contribution in [0.4, 0.5) is 13.2 Å². The molecule has 1 aromatic heterocycles. The quantitative estimate of drug-likeness (QED) is 0.915. The van der Waals surface area contributed by atoms with Gasteiger partial charge in [0.1, 0.15) is 5.01 Å². The summed E-state index contributed by atoms with van der Waals surface area (Å²) in [5.74, 6) is -0.123. The van der Waals surface area contributed by atoms with Crippen LogP contribution in [0.1, 0.15) is 50.2 Å². The summed E-state index contributed by atoms with van der Waals surface area (Å²) in [4.78, 5) is 15.6. The molecule has 1 heterocycles. The molecule has 1 fully saturated rings. The van der Waals surface area contributed by atoms with E-state index in [0.29, 0.717) is 0 Å². The van der Waals surface area contributed by atoms with Crippen LogP contribution in [0.3, 0.4) is 0 Å². The topological polar surface area (TPSA) is 42.0 Å². The van der Waals surface area contributed by atoms with Gasteiger partial charge in [0.25, 0.3) is 0 Å². The molecule has 21 heavy (non-hydrogen) atoms. The number of nitrogens with one attached hydrogen (secondary N) is 1. The van der Waals surface area contributed by atoms with Crippen molar-refractivity contribution in [3.8, 4) is 0 Å². The summed E-state index contributed by atoms with van der Waals surface area (Å²) in [7, 11) is 0. The van der Waals surface area contributed by atoms with Crippen LogP contribution in [0.15, 0.2) is 5.38 Å². The highest BCUT2D eigenvalue weighted by Crippen LogP contribution is 2.38. The highest BCUT2D eigenvalue weighted by Gasteiger charge is 2.34. The number of rotatable bonds is 3. The van der Waals surface area contributed by atoms with Gasteiger partial charge in [-0.2, -0.15) is 13.2 Å². The Morgan fingerprint density at radius 2 is 2.24 bits per heavy atom. The predicted molar refractivity (Wildman–Crippen MR) is 74.7 cm³/mol. The van der Waals surface area contributed by atoms with Crippen molar-refractivity contribution < 1.29 is 18.0 Å². The summed E-state index contributed by atoms with van der Waals surface area (Å²) in [6.45, 7) is 4.35. The van der Waals surface area contributed by atoms with E-state index in [4.69, 9.17) is 0 Å².